The van der Waals surface area contributed by atoms with Gasteiger partial charge in [-0.15, -0.1) is 0 Å². The highest BCUT2D eigenvalue weighted by molar-refractivity contribution is 5.61. The van der Waals surface area contributed by atoms with Crippen LogP contribution in [0.25, 0.3) is 5.65 Å². The maximum atomic E-state index is 6.12. The standard InChI is InChI=1S/C12H15N3O/c1-16-9-6-3-7-15-11(13)10(14-12(9)15)8-4-2-5-8/h3,6-8H,2,4-5,13H2,1H3. The van der Waals surface area contributed by atoms with E-state index >= 15 is 0 Å². The van der Waals surface area contributed by atoms with Crippen molar-refractivity contribution in [3.63, 3.8) is 0 Å². The average molecular weight is 217 g/mol. The number of rotatable bonds is 2. The molecule has 2 aromatic rings. The molecule has 0 amide bonds. The van der Waals surface area contributed by atoms with Crippen LogP contribution in [0.5, 0.6) is 5.75 Å². The average Bonchev–Trinajstić information content (AvgIpc) is 2.55. The summed E-state index contributed by atoms with van der Waals surface area (Å²) in [5, 5.41) is 0. The van der Waals surface area contributed by atoms with E-state index in [1.54, 1.807) is 7.11 Å². The molecular formula is C12H15N3O. The van der Waals surface area contributed by atoms with Crippen LogP contribution in [-0.4, -0.2) is 16.5 Å². The second-order valence-electron chi connectivity index (χ2n) is 4.28. The van der Waals surface area contributed by atoms with Crippen molar-refractivity contribution < 1.29 is 4.74 Å². The fraction of sp³-hybridized carbons (Fsp3) is 0.417. The Kier molecular flexibility index (Phi) is 2.02. The first-order valence-electron chi connectivity index (χ1n) is 5.61. The molecule has 0 atom stereocenters. The number of ether oxygens (including phenoxy) is 1. The van der Waals surface area contributed by atoms with Crippen LogP contribution in [0.4, 0.5) is 5.82 Å². The molecule has 4 nitrogen and oxygen atoms in total. The minimum Gasteiger partial charge on any atom is -0.493 e. The number of fused-ring (bicyclic) bond motifs is 1. The first-order chi connectivity index (χ1) is 7.81. The van der Waals surface area contributed by atoms with Crippen molar-refractivity contribution in [1.29, 1.82) is 0 Å². The SMILES string of the molecule is COc1cccn2c(N)c(C3CCC3)nc12. The van der Waals surface area contributed by atoms with Crippen LogP contribution in [-0.2, 0) is 0 Å². The van der Waals surface area contributed by atoms with Gasteiger partial charge in [0.05, 0.1) is 12.8 Å². The molecule has 4 heteroatoms. The number of pyridine rings is 1. The molecule has 2 aromatic heterocycles. The van der Waals surface area contributed by atoms with Crippen LogP contribution in [0.2, 0.25) is 0 Å². The first-order valence-corrected chi connectivity index (χ1v) is 5.61. The molecule has 0 radical (unpaired) electrons. The Hall–Kier alpha value is -1.71. The number of nitrogens with two attached hydrogens (primary N) is 1. The number of anilines is 1. The summed E-state index contributed by atoms with van der Waals surface area (Å²) in [5.41, 5.74) is 7.98. The molecule has 0 unspecified atom stereocenters. The largest absolute Gasteiger partial charge is 0.493 e. The molecule has 0 aliphatic heterocycles. The number of hydrogen-bond donors (Lipinski definition) is 1. The lowest BCUT2D eigenvalue weighted by atomic mass is 9.83. The Bertz CT molecular complexity index is 528. The van der Waals surface area contributed by atoms with E-state index in [2.05, 4.69) is 4.98 Å². The lowest BCUT2D eigenvalue weighted by molar-refractivity contribution is 0.411. The second kappa shape index (κ2) is 3.40. The number of hydrogen-bond acceptors (Lipinski definition) is 3. The summed E-state index contributed by atoms with van der Waals surface area (Å²) in [7, 11) is 1.66. The molecule has 1 aliphatic rings. The van der Waals surface area contributed by atoms with E-state index in [4.69, 9.17) is 10.5 Å². The molecule has 1 fully saturated rings. The normalized spacial score (nSPS) is 16.3. The predicted octanol–water partition coefficient (Wildman–Crippen LogP) is 2.19. The summed E-state index contributed by atoms with van der Waals surface area (Å²) in [6.07, 6.45) is 5.63. The zero-order valence-corrected chi connectivity index (χ0v) is 9.31. The fourth-order valence-electron chi connectivity index (χ4n) is 2.22. The van der Waals surface area contributed by atoms with Gasteiger partial charge in [0, 0.05) is 12.1 Å². The van der Waals surface area contributed by atoms with Crippen molar-refractivity contribution in [2.45, 2.75) is 25.2 Å². The number of nitrogens with zero attached hydrogens (tertiary/aromatic N) is 2. The minimum absolute atomic E-state index is 0.546. The molecule has 2 N–H and O–H groups in total. The van der Waals surface area contributed by atoms with E-state index in [1.807, 2.05) is 22.7 Å². The van der Waals surface area contributed by atoms with Gasteiger partial charge in [0.15, 0.2) is 11.4 Å². The fourth-order valence-corrected chi connectivity index (χ4v) is 2.22. The maximum Gasteiger partial charge on any atom is 0.181 e. The van der Waals surface area contributed by atoms with Crippen molar-refractivity contribution >= 4 is 11.5 Å². The zero-order chi connectivity index (χ0) is 11.1. The molecular weight excluding hydrogens is 202 g/mol. The number of methoxy groups -OCH3 is 1. The molecule has 0 saturated heterocycles. The lowest BCUT2D eigenvalue weighted by Gasteiger charge is -2.23. The molecule has 2 heterocycles. The molecule has 1 aliphatic carbocycles. The van der Waals surface area contributed by atoms with Crippen LogP contribution in [0.1, 0.15) is 30.9 Å². The summed E-state index contributed by atoms with van der Waals surface area (Å²) in [6.45, 7) is 0. The Labute approximate surface area is 94.0 Å². The maximum absolute atomic E-state index is 6.12. The smallest absolute Gasteiger partial charge is 0.181 e. The van der Waals surface area contributed by atoms with Gasteiger partial charge in [-0.05, 0) is 25.0 Å². The molecule has 16 heavy (non-hydrogen) atoms. The van der Waals surface area contributed by atoms with Gasteiger partial charge in [0.2, 0.25) is 0 Å². The molecule has 1 saturated carbocycles. The summed E-state index contributed by atoms with van der Waals surface area (Å²) in [5.74, 6) is 2.09. The number of nitrogen functional groups attached to an aromatic ring is 1. The molecule has 0 spiro atoms. The lowest BCUT2D eigenvalue weighted by Crippen LogP contribution is -2.11. The van der Waals surface area contributed by atoms with Gasteiger partial charge >= 0.3 is 0 Å². The van der Waals surface area contributed by atoms with Crippen LogP contribution in [0.15, 0.2) is 18.3 Å². The van der Waals surface area contributed by atoms with Crippen molar-refractivity contribution in [1.82, 2.24) is 9.38 Å². The van der Waals surface area contributed by atoms with E-state index in [9.17, 15) is 0 Å². The van der Waals surface area contributed by atoms with Gasteiger partial charge in [0.25, 0.3) is 0 Å². The highest BCUT2D eigenvalue weighted by Gasteiger charge is 2.26. The third-order valence-electron chi connectivity index (χ3n) is 3.39. The molecule has 0 bridgehead atoms. The summed E-state index contributed by atoms with van der Waals surface area (Å²) < 4.78 is 7.20. The number of aromatic nitrogens is 2. The Morgan fingerprint density at radius 1 is 1.50 bits per heavy atom. The van der Waals surface area contributed by atoms with E-state index in [0.29, 0.717) is 5.92 Å². The zero-order valence-electron chi connectivity index (χ0n) is 9.31. The Balaban J connectivity index is 2.20. The Morgan fingerprint density at radius 3 is 2.94 bits per heavy atom. The van der Waals surface area contributed by atoms with E-state index < -0.39 is 0 Å². The van der Waals surface area contributed by atoms with Crippen LogP contribution >= 0.6 is 0 Å². The quantitative estimate of drug-likeness (QED) is 0.839. The molecule has 84 valence electrons. The summed E-state index contributed by atoms with van der Waals surface area (Å²) in [4.78, 5) is 4.62. The predicted molar refractivity (Wildman–Crippen MR) is 62.7 cm³/mol. The third kappa shape index (κ3) is 1.19. The van der Waals surface area contributed by atoms with Crippen molar-refractivity contribution in [3.05, 3.63) is 24.0 Å². The van der Waals surface area contributed by atoms with Crippen LogP contribution in [0, 0.1) is 0 Å². The van der Waals surface area contributed by atoms with Gasteiger partial charge in [-0.3, -0.25) is 4.40 Å². The summed E-state index contributed by atoms with van der Waals surface area (Å²) >= 11 is 0. The van der Waals surface area contributed by atoms with E-state index in [0.717, 1.165) is 22.9 Å². The third-order valence-corrected chi connectivity index (χ3v) is 3.39. The number of imidazole rings is 1. The van der Waals surface area contributed by atoms with E-state index in [1.165, 1.54) is 19.3 Å². The van der Waals surface area contributed by atoms with Crippen LogP contribution < -0.4 is 10.5 Å². The van der Waals surface area contributed by atoms with Gasteiger partial charge in [0.1, 0.15) is 5.82 Å². The first kappa shape index (κ1) is 9.51. The van der Waals surface area contributed by atoms with Crippen molar-refractivity contribution in [2.75, 3.05) is 12.8 Å². The second-order valence-corrected chi connectivity index (χ2v) is 4.28. The van der Waals surface area contributed by atoms with Crippen LogP contribution in [0.3, 0.4) is 0 Å². The molecule has 3 rings (SSSR count). The molecule has 0 aromatic carbocycles. The monoisotopic (exact) mass is 217 g/mol. The highest BCUT2D eigenvalue weighted by atomic mass is 16.5. The Morgan fingerprint density at radius 2 is 2.31 bits per heavy atom. The van der Waals surface area contributed by atoms with E-state index in [-0.39, 0.29) is 0 Å². The van der Waals surface area contributed by atoms with Crippen molar-refractivity contribution in [2.24, 2.45) is 0 Å². The topological polar surface area (TPSA) is 52.5 Å². The summed E-state index contributed by atoms with van der Waals surface area (Å²) in [6, 6.07) is 3.83. The minimum atomic E-state index is 0.546. The van der Waals surface area contributed by atoms with Gasteiger partial charge in [-0.1, -0.05) is 6.42 Å². The highest BCUT2D eigenvalue weighted by Crippen LogP contribution is 2.39. The van der Waals surface area contributed by atoms with Gasteiger partial charge in [-0.25, -0.2) is 4.98 Å². The van der Waals surface area contributed by atoms with Crippen molar-refractivity contribution in [3.8, 4) is 5.75 Å². The van der Waals surface area contributed by atoms with Gasteiger partial charge in [-0.2, -0.15) is 0 Å². The van der Waals surface area contributed by atoms with Gasteiger partial charge < -0.3 is 10.5 Å².